The third-order valence-corrected chi connectivity index (χ3v) is 5.97. The molecule has 0 bridgehead atoms. The van der Waals surface area contributed by atoms with E-state index in [2.05, 4.69) is 6.58 Å². The van der Waals surface area contributed by atoms with Gasteiger partial charge in [0.15, 0.2) is 0 Å². The van der Waals surface area contributed by atoms with Crippen LogP contribution in [0.3, 0.4) is 0 Å². The molecule has 2 heteroatoms. The van der Waals surface area contributed by atoms with E-state index in [1.807, 2.05) is 0 Å². The molecule has 2 aliphatic rings. The van der Waals surface area contributed by atoms with Crippen molar-refractivity contribution in [2.45, 2.75) is 142 Å². The SMILES string of the molecule is C1CCCCCCCCC1.C1CCCCCCCCC1.C=C(C(=O)O)C(C)C. The van der Waals surface area contributed by atoms with Crippen LogP contribution < -0.4 is 0 Å². The van der Waals surface area contributed by atoms with Gasteiger partial charge in [0.2, 0.25) is 0 Å². The van der Waals surface area contributed by atoms with Crippen LogP contribution in [0.15, 0.2) is 12.2 Å². The van der Waals surface area contributed by atoms with Crippen molar-refractivity contribution in [1.29, 1.82) is 0 Å². The molecule has 2 saturated carbocycles. The van der Waals surface area contributed by atoms with E-state index < -0.39 is 5.97 Å². The number of carbonyl (C=O) groups is 1. The summed E-state index contributed by atoms with van der Waals surface area (Å²) < 4.78 is 0. The van der Waals surface area contributed by atoms with Gasteiger partial charge in [-0.05, 0) is 5.92 Å². The van der Waals surface area contributed by atoms with Crippen molar-refractivity contribution < 1.29 is 9.90 Å². The van der Waals surface area contributed by atoms with Gasteiger partial charge in [-0.2, -0.15) is 0 Å². The lowest BCUT2D eigenvalue weighted by Crippen LogP contribution is -2.04. The normalized spacial score (nSPS) is 19.8. The molecule has 0 amide bonds. The Morgan fingerprint density at radius 1 is 0.536 bits per heavy atom. The molecule has 0 aromatic heterocycles. The molecule has 28 heavy (non-hydrogen) atoms. The fraction of sp³-hybridized carbons (Fsp3) is 0.885. The Balaban J connectivity index is 0.000000394. The predicted molar refractivity (Wildman–Crippen MR) is 124 cm³/mol. The van der Waals surface area contributed by atoms with Gasteiger partial charge in [0.05, 0.1) is 0 Å². The summed E-state index contributed by atoms with van der Waals surface area (Å²) in [6.07, 6.45) is 30.0. The van der Waals surface area contributed by atoms with E-state index in [4.69, 9.17) is 5.11 Å². The number of hydrogen-bond donors (Lipinski definition) is 1. The van der Waals surface area contributed by atoms with Crippen LogP contribution in [0.2, 0.25) is 0 Å². The molecule has 0 aromatic carbocycles. The van der Waals surface area contributed by atoms with Crippen LogP contribution in [0.4, 0.5) is 0 Å². The molecule has 0 unspecified atom stereocenters. The van der Waals surface area contributed by atoms with Gasteiger partial charge in [-0.1, -0.05) is 149 Å². The summed E-state index contributed by atoms with van der Waals surface area (Å²) in [5, 5.41) is 8.25. The summed E-state index contributed by atoms with van der Waals surface area (Å²) >= 11 is 0. The van der Waals surface area contributed by atoms with E-state index >= 15 is 0 Å². The fourth-order valence-electron chi connectivity index (χ4n) is 3.78. The van der Waals surface area contributed by atoms with Crippen molar-refractivity contribution in [3.8, 4) is 0 Å². The topological polar surface area (TPSA) is 37.3 Å². The van der Waals surface area contributed by atoms with Gasteiger partial charge in [-0.3, -0.25) is 0 Å². The second-order valence-corrected chi connectivity index (χ2v) is 9.06. The highest BCUT2D eigenvalue weighted by Gasteiger charge is 2.06. The van der Waals surface area contributed by atoms with Gasteiger partial charge in [-0.15, -0.1) is 0 Å². The lowest BCUT2D eigenvalue weighted by Gasteiger charge is -2.05. The summed E-state index contributed by atoms with van der Waals surface area (Å²) in [6.45, 7) is 6.96. The Morgan fingerprint density at radius 3 is 0.714 bits per heavy atom. The van der Waals surface area contributed by atoms with Crippen LogP contribution in [-0.2, 0) is 4.79 Å². The summed E-state index contributed by atoms with van der Waals surface area (Å²) in [7, 11) is 0. The molecular formula is C26H50O2. The van der Waals surface area contributed by atoms with Crippen LogP contribution in [-0.4, -0.2) is 11.1 Å². The number of hydrogen-bond acceptors (Lipinski definition) is 1. The van der Waals surface area contributed by atoms with Crippen molar-refractivity contribution in [2.24, 2.45) is 5.92 Å². The van der Waals surface area contributed by atoms with E-state index in [0.717, 1.165) is 0 Å². The number of rotatable bonds is 2. The van der Waals surface area contributed by atoms with E-state index in [9.17, 15) is 4.79 Å². The Bertz CT molecular complexity index is 273. The first-order chi connectivity index (χ1) is 13.6. The fourth-order valence-corrected chi connectivity index (χ4v) is 3.78. The average molecular weight is 395 g/mol. The molecule has 1 N–H and O–H groups in total. The van der Waals surface area contributed by atoms with Crippen molar-refractivity contribution in [2.75, 3.05) is 0 Å². The quantitative estimate of drug-likeness (QED) is 0.474. The zero-order valence-corrected chi connectivity index (χ0v) is 19.3. The highest BCUT2D eigenvalue weighted by molar-refractivity contribution is 5.86. The van der Waals surface area contributed by atoms with E-state index in [1.54, 1.807) is 13.8 Å². The lowest BCUT2D eigenvalue weighted by molar-refractivity contribution is -0.133. The molecule has 0 heterocycles. The molecule has 2 fully saturated rings. The maximum Gasteiger partial charge on any atom is 0.331 e. The Morgan fingerprint density at radius 2 is 0.679 bits per heavy atom. The van der Waals surface area contributed by atoms with Crippen molar-refractivity contribution in [1.82, 2.24) is 0 Å². The Labute approximate surface area is 176 Å². The molecule has 0 spiro atoms. The minimum atomic E-state index is -0.903. The molecule has 0 aliphatic heterocycles. The van der Waals surface area contributed by atoms with E-state index in [1.165, 1.54) is 128 Å². The third-order valence-electron chi connectivity index (χ3n) is 5.97. The van der Waals surface area contributed by atoms with Crippen molar-refractivity contribution in [3.05, 3.63) is 12.2 Å². The molecule has 2 nitrogen and oxygen atoms in total. The van der Waals surface area contributed by atoms with Crippen LogP contribution in [0.25, 0.3) is 0 Å². The third kappa shape index (κ3) is 20.0. The molecule has 166 valence electrons. The van der Waals surface area contributed by atoms with Gasteiger partial charge in [0, 0.05) is 5.57 Å². The van der Waals surface area contributed by atoms with Crippen LogP contribution in [0, 0.1) is 5.92 Å². The maximum absolute atomic E-state index is 10.0. The van der Waals surface area contributed by atoms with E-state index in [-0.39, 0.29) is 11.5 Å². The highest BCUT2D eigenvalue weighted by atomic mass is 16.4. The molecular weight excluding hydrogens is 344 g/mol. The monoisotopic (exact) mass is 394 g/mol. The lowest BCUT2D eigenvalue weighted by atomic mass is 10.0. The van der Waals surface area contributed by atoms with Gasteiger partial charge >= 0.3 is 5.97 Å². The maximum atomic E-state index is 10.0. The first kappa shape index (κ1) is 27.2. The molecule has 2 rings (SSSR count). The number of carboxylic acids is 1. The largest absolute Gasteiger partial charge is 0.478 e. The second-order valence-electron chi connectivity index (χ2n) is 9.06. The number of aliphatic carboxylic acids is 1. The van der Waals surface area contributed by atoms with Crippen LogP contribution in [0.5, 0.6) is 0 Å². The molecule has 0 aromatic rings. The zero-order chi connectivity index (χ0) is 20.9. The van der Waals surface area contributed by atoms with Gasteiger partial charge in [-0.25, -0.2) is 4.79 Å². The number of carboxylic acid groups (broad SMARTS) is 1. The van der Waals surface area contributed by atoms with Gasteiger partial charge < -0.3 is 5.11 Å². The van der Waals surface area contributed by atoms with Crippen molar-refractivity contribution in [3.63, 3.8) is 0 Å². The molecule has 2 aliphatic carbocycles. The first-order valence-corrected chi connectivity index (χ1v) is 12.5. The van der Waals surface area contributed by atoms with Crippen LogP contribution in [0.1, 0.15) is 142 Å². The molecule has 0 atom stereocenters. The summed E-state index contributed by atoms with van der Waals surface area (Å²) in [6, 6.07) is 0. The standard InChI is InChI=1S/2C10H20.C6H10O2/c2*1-2-4-6-8-10-9-7-5-3-1;1-4(2)5(3)6(7)8/h2*1-10H2;4H,3H2,1-2H3,(H,7,8). The second kappa shape index (κ2) is 20.9. The summed E-state index contributed by atoms with van der Waals surface area (Å²) in [4.78, 5) is 10.0. The van der Waals surface area contributed by atoms with Crippen LogP contribution >= 0.6 is 0 Å². The highest BCUT2D eigenvalue weighted by Crippen LogP contribution is 2.16. The van der Waals surface area contributed by atoms with Gasteiger partial charge in [0.1, 0.15) is 0 Å². The zero-order valence-electron chi connectivity index (χ0n) is 19.3. The minimum absolute atomic E-state index is 0.0486. The molecule has 0 radical (unpaired) electrons. The van der Waals surface area contributed by atoms with Gasteiger partial charge in [0.25, 0.3) is 0 Å². The first-order valence-electron chi connectivity index (χ1n) is 12.5. The smallest absolute Gasteiger partial charge is 0.331 e. The summed E-state index contributed by atoms with van der Waals surface area (Å²) in [5.74, 6) is -0.854. The predicted octanol–water partition coefficient (Wildman–Crippen LogP) is 9.09. The Kier molecular flexibility index (Phi) is 20.3. The average Bonchev–Trinajstić information content (AvgIpc) is 2.71. The minimum Gasteiger partial charge on any atom is -0.478 e. The molecule has 0 saturated heterocycles. The Hall–Kier alpha value is -0.790. The van der Waals surface area contributed by atoms with E-state index in [0.29, 0.717) is 0 Å². The van der Waals surface area contributed by atoms with Crippen molar-refractivity contribution >= 4 is 5.97 Å². The summed E-state index contributed by atoms with van der Waals surface area (Å²) in [5.41, 5.74) is 0.269.